The largest absolute Gasteiger partial charge is 0.355 e. The number of nitrogens with zero attached hydrogens (tertiary/aromatic N) is 7. The highest BCUT2D eigenvalue weighted by atomic mass is 16.2. The van der Waals surface area contributed by atoms with E-state index in [4.69, 9.17) is 0 Å². The molecule has 0 saturated carbocycles. The van der Waals surface area contributed by atoms with E-state index in [-0.39, 0.29) is 11.8 Å². The van der Waals surface area contributed by atoms with Crippen LogP contribution in [0.4, 0.5) is 11.5 Å². The topological polar surface area (TPSA) is 80.0 Å². The van der Waals surface area contributed by atoms with Gasteiger partial charge in [-0.05, 0) is 17.7 Å². The molecule has 0 spiro atoms. The Balaban J connectivity index is 1.31. The van der Waals surface area contributed by atoms with Crippen LogP contribution in [-0.2, 0) is 11.3 Å². The maximum absolute atomic E-state index is 13.4. The Morgan fingerprint density at radius 2 is 1.65 bits per heavy atom. The zero-order valence-electron chi connectivity index (χ0n) is 16.8. The Hall–Kier alpha value is -4.07. The van der Waals surface area contributed by atoms with Gasteiger partial charge in [-0.1, -0.05) is 48.5 Å². The molecule has 1 aliphatic rings. The Kier molecular flexibility index (Phi) is 5.10. The average Bonchev–Trinajstić information content (AvgIpc) is 3.33. The predicted octanol–water partition coefficient (Wildman–Crippen LogP) is 2.73. The molecule has 5 rings (SSSR count). The smallest absolute Gasteiger partial charge is 0.233 e. The van der Waals surface area contributed by atoms with Crippen molar-refractivity contribution in [3.8, 4) is 5.82 Å². The van der Waals surface area contributed by atoms with E-state index in [0.717, 1.165) is 17.1 Å². The van der Waals surface area contributed by atoms with E-state index in [0.29, 0.717) is 25.5 Å². The molecule has 4 aromatic rings. The van der Waals surface area contributed by atoms with Crippen LogP contribution in [0, 0.1) is 5.92 Å². The number of amides is 1. The fourth-order valence-corrected chi connectivity index (χ4v) is 3.67. The summed E-state index contributed by atoms with van der Waals surface area (Å²) in [6, 6.07) is 21.8. The maximum atomic E-state index is 13.4. The zero-order chi connectivity index (χ0) is 21.0. The van der Waals surface area contributed by atoms with Gasteiger partial charge in [-0.25, -0.2) is 19.6 Å². The van der Waals surface area contributed by atoms with Gasteiger partial charge in [0.25, 0.3) is 0 Å². The molecule has 8 heteroatoms. The first-order chi connectivity index (χ1) is 15.3. The summed E-state index contributed by atoms with van der Waals surface area (Å²) in [5.74, 6) is 1.46. The van der Waals surface area contributed by atoms with Crippen LogP contribution >= 0.6 is 0 Å². The van der Waals surface area contributed by atoms with Gasteiger partial charge in [0.05, 0.1) is 12.5 Å². The first-order valence-corrected chi connectivity index (χ1v) is 10.1. The minimum atomic E-state index is -0.0892. The first-order valence-electron chi connectivity index (χ1n) is 10.1. The molecule has 0 atom stereocenters. The number of hydrogen-bond donors (Lipinski definition) is 0. The summed E-state index contributed by atoms with van der Waals surface area (Å²) in [6.07, 6.45) is 4.56. The average molecular weight is 411 g/mol. The molecule has 0 unspecified atom stereocenters. The number of hydrogen-bond acceptors (Lipinski definition) is 6. The Morgan fingerprint density at radius 3 is 2.35 bits per heavy atom. The SMILES string of the molecule is O=C(C1CN(c2cc(-n3cncn3)ncn2)C1)N(Cc1ccccc1)c1ccccc1. The van der Waals surface area contributed by atoms with E-state index in [1.165, 1.54) is 12.7 Å². The molecule has 1 saturated heterocycles. The lowest BCUT2D eigenvalue weighted by Gasteiger charge is -2.41. The van der Waals surface area contributed by atoms with Gasteiger partial charge in [-0.2, -0.15) is 5.10 Å². The second-order valence-corrected chi connectivity index (χ2v) is 7.42. The third-order valence-electron chi connectivity index (χ3n) is 5.36. The van der Waals surface area contributed by atoms with Crippen LogP contribution < -0.4 is 9.80 Å². The first kappa shape index (κ1) is 18.9. The normalized spacial score (nSPS) is 13.6. The number of rotatable bonds is 6. The number of carbonyl (C=O) groups excluding carboxylic acids is 1. The van der Waals surface area contributed by atoms with E-state index in [9.17, 15) is 4.79 Å². The summed E-state index contributed by atoms with van der Waals surface area (Å²) < 4.78 is 1.59. The van der Waals surface area contributed by atoms with Crippen molar-refractivity contribution in [1.29, 1.82) is 0 Å². The fraction of sp³-hybridized carbons (Fsp3) is 0.174. The zero-order valence-corrected chi connectivity index (χ0v) is 16.8. The molecule has 0 aliphatic carbocycles. The van der Waals surface area contributed by atoms with Gasteiger partial charge in [0.15, 0.2) is 5.82 Å². The molecule has 0 radical (unpaired) electrons. The van der Waals surface area contributed by atoms with Crippen LogP contribution in [-0.4, -0.2) is 43.7 Å². The molecule has 3 heterocycles. The van der Waals surface area contributed by atoms with Crippen LogP contribution in [0.25, 0.3) is 5.82 Å². The third-order valence-corrected chi connectivity index (χ3v) is 5.36. The highest BCUT2D eigenvalue weighted by Gasteiger charge is 2.36. The molecule has 2 aromatic heterocycles. The van der Waals surface area contributed by atoms with Crippen LogP contribution in [0.2, 0.25) is 0 Å². The van der Waals surface area contributed by atoms with E-state index in [1.807, 2.05) is 71.6 Å². The van der Waals surface area contributed by atoms with Crippen molar-refractivity contribution in [2.45, 2.75) is 6.54 Å². The van der Waals surface area contributed by atoms with Gasteiger partial charge in [0.1, 0.15) is 24.8 Å². The lowest BCUT2D eigenvalue weighted by atomic mass is 9.97. The molecule has 31 heavy (non-hydrogen) atoms. The minimum Gasteiger partial charge on any atom is -0.355 e. The van der Waals surface area contributed by atoms with E-state index in [1.54, 1.807) is 11.0 Å². The third kappa shape index (κ3) is 4.00. The maximum Gasteiger partial charge on any atom is 0.233 e. The number of carbonyl (C=O) groups is 1. The second kappa shape index (κ2) is 8.35. The molecule has 2 aromatic carbocycles. The monoisotopic (exact) mass is 411 g/mol. The minimum absolute atomic E-state index is 0.0892. The second-order valence-electron chi connectivity index (χ2n) is 7.42. The summed E-state index contributed by atoms with van der Waals surface area (Å²) in [7, 11) is 0. The van der Waals surface area contributed by atoms with E-state index in [2.05, 4.69) is 25.0 Å². The number of anilines is 2. The Labute approximate surface area is 179 Å². The van der Waals surface area contributed by atoms with E-state index >= 15 is 0 Å². The lowest BCUT2D eigenvalue weighted by molar-refractivity contribution is -0.123. The van der Waals surface area contributed by atoms with Crippen LogP contribution in [0.3, 0.4) is 0 Å². The van der Waals surface area contributed by atoms with Gasteiger partial charge in [-0.15, -0.1) is 0 Å². The number of benzene rings is 2. The van der Waals surface area contributed by atoms with Crippen LogP contribution in [0.15, 0.2) is 85.7 Å². The van der Waals surface area contributed by atoms with Gasteiger partial charge in [-0.3, -0.25) is 4.79 Å². The van der Waals surface area contributed by atoms with Gasteiger partial charge >= 0.3 is 0 Å². The van der Waals surface area contributed by atoms with Gasteiger partial charge in [0.2, 0.25) is 5.91 Å². The summed E-state index contributed by atoms with van der Waals surface area (Å²) >= 11 is 0. The summed E-state index contributed by atoms with van der Waals surface area (Å²) in [6.45, 7) is 1.78. The molecule has 1 aliphatic heterocycles. The van der Waals surface area contributed by atoms with Crippen molar-refractivity contribution < 1.29 is 4.79 Å². The standard InChI is InChI=1S/C23H21N7O/c31-23(29(20-9-5-2-6-10-20)12-18-7-3-1-4-8-18)19-13-28(14-19)21-11-22(26-16-25-21)30-17-24-15-27-30/h1-11,15-17,19H,12-14H2. The summed E-state index contributed by atoms with van der Waals surface area (Å²) in [5, 5.41) is 4.11. The van der Waals surface area contributed by atoms with Crippen molar-refractivity contribution in [1.82, 2.24) is 24.7 Å². The van der Waals surface area contributed by atoms with E-state index < -0.39 is 0 Å². The van der Waals surface area contributed by atoms with Crippen molar-refractivity contribution in [3.63, 3.8) is 0 Å². The molecule has 8 nitrogen and oxygen atoms in total. The van der Waals surface area contributed by atoms with Crippen molar-refractivity contribution in [2.75, 3.05) is 22.9 Å². The Bertz CT molecular complexity index is 1140. The molecule has 0 N–H and O–H groups in total. The number of aromatic nitrogens is 5. The molecular weight excluding hydrogens is 390 g/mol. The van der Waals surface area contributed by atoms with Crippen molar-refractivity contribution in [3.05, 3.63) is 91.3 Å². The van der Waals surface area contributed by atoms with Gasteiger partial charge in [0, 0.05) is 24.8 Å². The highest BCUT2D eigenvalue weighted by Crippen LogP contribution is 2.28. The lowest BCUT2D eigenvalue weighted by Crippen LogP contribution is -2.55. The molecule has 1 fully saturated rings. The number of para-hydroxylation sites is 1. The molecule has 154 valence electrons. The van der Waals surface area contributed by atoms with Crippen LogP contribution in [0.5, 0.6) is 0 Å². The van der Waals surface area contributed by atoms with Crippen molar-refractivity contribution in [2.24, 2.45) is 5.92 Å². The fourth-order valence-electron chi connectivity index (χ4n) is 3.67. The summed E-state index contributed by atoms with van der Waals surface area (Å²) in [4.78, 5) is 29.9. The molecule has 1 amide bonds. The summed E-state index contributed by atoms with van der Waals surface area (Å²) in [5.41, 5.74) is 2.01. The van der Waals surface area contributed by atoms with Gasteiger partial charge < -0.3 is 9.80 Å². The van der Waals surface area contributed by atoms with Crippen molar-refractivity contribution >= 4 is 17.4 Å². The highest BCUT2D eigenvalue weighted by molar-refractivity contribution is 5.96. The van der Waals surface area contributed by atoms with Crippen LogP contribution in [0.1, 0.15) is 5.56 Å². The molecule has 0 bridgehead atoms. The predicted molar refractivity (Wildman–Crippen MR) is 117 cm³/mol. The molecular formula is C23H21N7O. The quantitative estimate of drug-likeness (QED) is 0.485. The Morgan fingerprint density at radius 1 is 0.935 bits per heavy atom.